The van der Waals surface area contributed by atoms with Gasteiger partial charge >= 0.3 is 5.97 Å². The number of hydrogen-bond acceptors (Lipinski definition) is 6. The van der Waals surface area contributed by atoms with E-state index in [0.29, 0.717) is 36.1 Å². The van der Waals surface area contributed by atoms with Crippen LogP contribution in [0.1, 0.15) is 30.1 Å². The molecule has 0 atom stereocenters. The molecule has 0 bridgehead atoms. The van der Waals surface area contributed by atoms with Crippen LogP contribution >= 0.6 is 0 Å². The molecule has 4 aromatic rings. The lowest BCUT2D eigenvalue weighted by molar-refractivity contribution is -0.116. The van der Waals surface area contributed by atoms with E-state index >= 15 is 0 Å². The summed E-state index contributed by atoms with van der Waals surface area (Å²) in [6.45, 7) is 4.12. The number of hydrogen-bond donors (Lipinski definition) is 1. The zero-order valence-corrected chi connectivity index (χ0v) is 17.3. The van der Waals surface area contributed by atoms with Gasteiger partial charge in [0.1, 0.15) is 6.54 Å². The van der Waals surface area contributed by atoms with Gasteiger partial charge in [0.05, 0.1) is 17.7 Å². The van der Waals surface area contributed by atoms with Gasteiger partial charge in [0.25, 0.3) is 0 Å². The second-order valence-corrected chi connectivity index (χ2v) is 6.89. The molecule has 1 N–H and O–H groups in total. The molecule has 0 radical (unpaired) electrons. The number of rotatable bonds is 7. The van der Waals surface area contributed by atoms with Gasteiger partial charge in [0, 0.05) is 29.2 Å². The van der Waals surface area contributed by atoms with Crippen molar-refractivity contribution in [3.63, 3.8) is 0 Å². The minimum atomic E-state index is -0.390. The highest BCUT2D eigenvalue weighted by atomic mass is 16.5. The average molecular weight is 418 g/mol. The molecule has 0 unspecified atom stereocenters. The van der Waals surface area contributed by atoms with Crippen molar-refractivity contribution in [2.75, 3.05) is 11.9 Å². The van der Waals surface area contributed by atoms with Gasteiger partial charge in [0.15, 0.2) is 0 Å². The highest BCUT2D eigenvalue weighted by Crippen LogP contribution is 2.30. The van der Waals surface area contributed by atoms with Crippen molar-refractivity contribution < 1.29 is 18.7 Å². The van der Waals surface area contributed by atoms with Crippen molar-refractivity contribution in [3.05, 3.63) is 66.2 Å². The highest BCUT2D eigenvalue weighted by molar-refractivity contribution is 5.97. The van der Waals surface area contributed by atoms with Crippen molar-refractivity contribution >= 4 is 28.5 Å². The number of anilines is 1. The molecule has 0 aliphatic heterocycles. The van der Waals surface area contributed by atoms with Gasteiger partial charge in [-0.25, -0.2) is 4.79 Å². The maximum absolute atomic E-state index is 12.7. The third-order valence-electron chi connectivity index (χ3n) is 4.78. The molecule has 1 amide bonds. The summed E-state index contributed by atoms with van der Waals surface area (Å²) in [6.07, 6.45) is 2.50. The first kappa shape index (κ1) is 20.3. The summed E-state index contributed by atoms with van der Waals surface area (Å²) in [5.41, 5.74) is 2.71. The smallest absolute Gasteiger partial charge is 0.338 e. The molecule has 2 heterocycles. The van der Waals surface area contributed by atoms with Crippen LogP contribution in [-0.2, 0) is 22.5 Å². The fourth-order valence-electron chi connectivity index (χ4n) is 3.31. The number of carbonyl (C=O) groups is 2. The van der Waals surface area contributed by atoms with Gasteiger partial charge in [-0.05, 0) is 37.3 Å². The van der Waals surface area contributed by atoms with E-state index < -0.39 is 0 Å². The minimum absolute atomic E-state index is 0.106. The molecule has 8 heteroatoms. The van der Waals surface area contributed by atoms with Gasteiger partial charge in [-0.1, -0.05) is 25.1 Å². The quantitative estimate of drug-likeness (QED) is 0.454. The second-order valence-electron chi connectivity index (χ2n) is 6.89. The first-order chi connectivity index (χ1) is 15.1. The summed E-state index contributed by atoms with van der Waals surface area (Å²) in [7, 11) is 0. The fraction of sp³-hybridized carbons (Fsp3) is 0.217. The Labute approximate surface area is 178 Å². The first-order valence-corrected chi connectivity index (χ1v) is 10.1. The Hall–Kier alpha value is -3.94. The number of amides is 1. The molecule has 0 aliphatic rings. The molecule has 2 aromatic heterocycles. The Morgan fingerprint density at radius 1 is 1.06 bits per heavy atom. The SMILES string of the molecule is CCOC(=O)c1ccc(NC(=O)Cn2cc(-c3nnc(CC)o3)c3ccccc32)cc1. The van der Waals surface area contributed by atoms with E-state index in [1.165, 1.54) is 0 Å². The number of esters is 1. The highest BCUT2D eigenvalue weighted by Gasteiger charge is 2.17. The van der Waals surface area contributed by atoms with Crippen LogP contribution in [0, 0.1) is 0 Å². The van der Waals surface area contributed by atoms with E-state index in [1.807, 2.05) is 42.0 Å². The number of nitrogens with one attached hydrogen (secondary N) is 1. The van der Waals surface area contributed by atoms with Crippen LogP contribution in [0.15, 0.2) is 59.1 Å². The zero-order chi connectivity index (χ0) is 21.8. The Balaban J connectivity index is 1.53. The zero-order valence-electron chi connectivity index (χ0n) is 17.3. The monoisotopic (exact) mass is 418 g/mol. The number of nitrogens with zero attached hydrogens (tertiary/aromatic N) is 3. The molecule has 8 nitrogen and oxygen atoms in total. The van der Waals surface area contributed by atoms with E-state index in [1.54, 1.807) is 31.2 Å². The summed E-state index contributed by atoms with van der Waals surface area (Å²) < 4.78 is 12.5. The lowest BCUT2D eigenvalue weighted by atomic mass is 10.2. The number of para-hydroxylation sites is 1. The predicted octanol–water partition coefficient (Wildman–Crippen LogP) is 4.07. The van der Waals surface area contributed by atoms with Gasteiger partial charge in [-0.15, -0.1) is 10.2 Å². The van der Waals surface area contributed by atoms with Gasteiger partial charge in [-0.2, -0.15) is 0 Å². The van der Waals surface area contributed by atoms with E-state index in [4.69, 9.17) is 9.15 Å². The minimum Gasteiger partial charge on any atom is -0.462 e. The third-order valence-corrected chi connectivity index (χ3v) is 4.78. The standard InChI is InChI=1S/C23H22N4O4/c1-3-21-25-26-22(31-21)18-13-27(19-8-6-5-7-17(18)19)14-20(28)24-16-11-9-15(10-12-16)23(29)30-4-2/h5-13H,3-4,14H2,1-2H3,(H,24,28). The normalized spacial score (nSPS) is 10.9. The van der Waals surface area contributed by atoms with Crippen LogP contribution in [0.3, 0.4) is 0 Å². The molecule has 2 aromatic carbocycles. The van der Waals surface area contributed by atoms with Crippen LogP contribution in [0.25, 0.3) is 22.4 Å². The number of ether oxygens (including phenoxy) is 1. The number of fused-ring (bicyclic) bond motifs is 1. The predicted molar refractivity (Wildman–Crippen MR) is 116 cm³/mol. The van der Waals surface area contributed by atoms with Crippen molar-refractivity contribution in [1.82, 2.24) is 14.8 Å². The maximum Gasteiger partial charge on any atom is 0.338 e. The molecule has 4 rings (SSSR count). The Morgan fingerprint density at radius 2 is 1.84 bits per heavy atom. The summed E-state index contributed by atoms with van der Waals surface area (Å²) in [6, 6.07) is 14.3. The summed E-state index contributed by atoms with van der Waals surface area (Å²) in [5.74, 6) is 0.410. The molecule has 0 spiro atoms. The number of aryl methyl sites for hydroxylation is 1. The Bertz CT molecular complexity index is 1220. The van der Waals surface area contributed by atoms with Crippen molar-refractivity contribution in [1.29, 1.82) is 0 Å². The molecule has 0 saturated carbocycles. The maximum atomic E-state index is 12.7. The van der Waals surface area contributed by atoms with Crippen LogP contribution in [0.4, 0.5) is 5.69 Å². The first-order valence-electron chi connectivity index (χ1n) is 10.1. The molecule has 0 aliphatic carbocycles. The third kappa shape index (κ3) is 4.32. The Morgan fingerprint density at radius 3 is 2.55 bits per heavy atom. The van der Waals surface area contributed by atoms with E-state index in [0.717, 1.165) is 16.5 Å². The summed E-state index contributed by atoms with van der Waals surface area (Å²) >= 11 is 0. The van der Waals surface area contributed by atoms with Crippen LogP contribution in [0.2, 0.25) is 0 Å². The fourth-order valence-corrected chi connectivity index (χ4v) is 3.31. The molecular weight excluding hydrogens is 396 g/mol. The lowest BCUT2D eigenvalue weighted by Crippen LogP contribution is -2.18. The molecule has 0 fully saturated rings. The number of benzene rings is 2. The van der Waals surface area contributed by atoms with E-state index in [2.05, 4.69) is 15.5 Å². The van der Waals surface area contributed by atoms with Gasteiger partial charge in [0.2, 0.25) is 17.7 Å². The largest absolute Gasteiger partial charge is 0.462 e. The topological polar surface area (TPSA) is 99.2 Å². The van der Waals surface area contributed by atoms with Crippen LogP contribution < -0.4 is 5.32 Å². The van der Waals surface area contributed by atoms with Crippen molar-refractivity contribution in [2.24, 2.45) is 0 Å². The van der Waals surface area contributed by atoms with Gasteiger partial charge < -0.3 is 19.0 Å². The van der Waals surface area contributed by atoms with Crippen molar-refractivity contribution in [2.45, 2.75) is 26.8 Å². The van der Waals surface area contributed by atoms with Crippen LogP contribution in [0.5, 0.6) is 0 Å². The summed E-state index contributed by atoms with van der Waals surface area (Å²) in [4.78, 5) is 24.4. The second kappa shape index (κ2) is 8.83. The molecule has 158 valence electrons. The molecule has 0 saturated heterocycles. The summed E-state index contributed by atoms with van der Waals surface area (Å²) in [5, 5.41) is 12.0. The van der Waals surface area contributed by atoms with Gasteiger partial charge in [-0.3, -0.25) is 4.79 Å². The average Bonchev–Trinajstić information content (AvgIpc) is 3.39. The van der Waals surface area contributed by atoms with Crippen molar-refractivity contribution in [3.8, 4) is 11.5 Å². The molecule has 31 heavy (non-hydrogen) atoms. The number of aromatic nitrogens is 3. The molecular formula is C23H22N4O4. The van der Waals surface area contributed by atoms with E-state index in [-0.39, 0.29) is 18.4 Å². The van der Waals surface area contributed by atoms with Crippen LogP contribution in [-0.4, -0.2) is 33.2 Å². The number of carbonyl (C=O) groups excluding carboxylic acids is 2. The lowest BCUT2D eigenvalue weighted by Gasteiger charge is -2.08. The Kier molecular flexibility index (Phi) is 5.79. The van der Waals surface area contributed by atoms with E-state index in [9.17, 15) is 9.59 Å².